The maximum Gasteiger partial charge on any atom is 0.427 e. The van der Waals surface area contributed by atoms with Crippen LogP contribution in [-0.4, -0.2) is 46.2 Å². The molecule has 7 heteroatoms. The first-order valence-corrected chi connectivity index (χ1v) is 6.55. The van der Waals surface area contributed by atoms with Gasteiger partial charge in [0.25, 0.3) is 0 Å². The predicted molar refractivity (Wildman–Crippen MR) is 73.4 cm³/mol. The average Bonchev–Trinajstić information content (AvgIpc) is 2.85. The summed E-state index contributed by atoms with van der Waals surface area (Å²) >= 11 is 0. The maximum absolute atomic E-state index is 12.5. The van der Waals surface area contributed by atoms with Gasteiger partial charge >= 0.3 is 11.9 Å². The van der Waals surface area contributed by atoms with Crippen LogP contribution < -0.4 is 0 Å². The molecule has 118 valence electrons. The Balaban J connectivity index is 2.17. The van der Waals surface area contributed by atoms with Gasteiger partial charge in [0.15, 0.2) is 5.76 Å². The minimum Gasteiger partial charge on any atom is -0.427 e. The van der Waals surface area contributed by atoms with Gasteiger partial charge in [-0.05, 0) is 0 Å². The van der Waals surface area contributed by atoms with Crippen molar-refractivity contribution in [2.45, 2.75) is 11.9 Å². The first kappa shape index (κ1) is 15.0. The standard InChI is InChI=1S/C15H16O7/c1-17-14(18-2)15(19-3,20-4)22-13-11(16)9-7-5-6-8-10(9)12(13)21-14/h5-8H,1-4H3. The second-order valence-electron chi connectivity index (χ2n) is 4.67. The number of ketones is 1. The fourth-order valence-electron chi connectivity index (χ4n) is 2.65. The van der Waals surface area contributed by atoms with Crippen LogP contribution in [0.1, 0.15) is 15.9 Å². The van der Waals surface area contributed by atoms with Gasteiger partial charge in [0, 0.05) is 39.6 Å². The van der Waals surface area contributed by atoms with Crippen molar-refractivity contribution in [3.05, 3.63) is 41.2 Å². The van der Waals surface area contributed by atoms with Gasteiger partial charge in [-0.15, -0.1) is 0 Å². The van der Waals surface area contributed by atoms with E-state index < -0.39 is 11.9 Å². The van der Waals surface area contributed by atoms with Crippen molar-refractivity contribution in [3.8, 4) is 0 Å². The first-order chi connectivity index (χ1) is 10.6. The lowest BCUT2D eigenvalue weighted by Gasteiger charge is -2.45. The van der Waals surface area contributed by atoms with Gasteiger partial charge in [-0.25, -0.2) is 0 Å². The fourth-order valence-corrected chi connectivity index (χ4v) is 2.65. The Morgan fingerprint density at radius 3 is 1.73 bits per heavy atom. The van der Waals surface area contributed by atoms with Crippen LogP contribution in [0.3, 0.4) is 0 Å². The van der Waals surface area contributed by atoms with Crippen LogP contribution in [0, 0.1) is 0 Å². The Hall–Kier alpha value is -1.93. The molecule has 0 spiro atoms. The van der Waals surface area contributed by atoms with Gasteiger partial charge in [-0.2, -0.15) is 0 Å². The third-order valence-electron chi connectivity index (χ3n) is 3.75. The predicted octanol–water partition coefficient (Wildman–Crippen LogP) is 1.49. The van der Waals surface area contributed by atoms with Gasteiger partial charge in [0.2, 0.25) is 11.5 Å². The molecule has 2 aliphatic rings. The molecule has 1 aromatic rings. The molecule has 1 aliphatic carbocycles. The molecule has 7 nitrogen and oxygen atoms in total. The van der Waals surface area contributed by atoms with Crippen molar-refractivity contribution in [3.63, 3.8) is 0 Å². The Labute approximate surface area is 127 Å². The van der Waals surface area contributed by atoms with Gasteiger partial charge in [0.05, 0.1) is 0 Å². The summed E-state index contributed by atoms with van der Waals surface area (Å²) in [6.07, 6.45) is 0. The van der Waals surface area contributed by atoms with E-state index in [0.717, 1.165) is 0 Å². The Morgan fingerprint density at radius 1 is 0.773 bits per heavy atom. The van der Waals surface area contributed by atoms with Crippen molar-refractivity contribution in [2.75, 3.05) is 28.4 Å². The summed E-state index contributed by atoms with van der Waals surface area (Å²) in [4.78, 5) is 12.5. The lowest BCUT2D eigenvalue weighted by molar-refractivity contribution is -0.535. The zero-order chi connectivity index (χ0) is 16.0. The molecule has 0 saturated heterocycles. The normalized spacial score (nSPS) is 21.0. The summed E-state index contributed by atoms with van der Waals surface area (Å²) in [5, 5.41) is 0. The number of ether oxygens (including phenoxy) is 6. The van der Waals surface area contributed by atoms with E-state index in [1.165, 1.54) is 28.4 Å². The highest BCUT2D eigenvalue weighted by atomic mass is 17.0. The second kappa shape index (κ2) is 5.06. The summed E-state index contributed by atoms with van der Waals surface area (Å²) in [5.41, 5.74) is 1.07. The Bertz CT molecular complexity index is 641. The number of carbonyl (C=O) groups is 1. The van der Waals surface area contributed by atoms with E-state index >= 15 is 0 Å². The Morgan fingerprint density at radius 2 is 1.23 bits per heavy atom. The molecule has 1 heterocycles. The fraction of sp³-hybridized carbons (Fsp3) is 0.400. The lowest BCUT2D eigenvalue weighted by atomic mass is 10.1. The maximum atomic E-state index is 12.5. The van der Waals surface area contributed by atoms with E-state index in [-0.39, 0.29) is 17.3 Å². The second-order valence-corrected chi connectivity index (χ2v) is 4.67. The molecule has 0 atom stereocenters. The van der Waals surface area contributed by atoms with E-state index in [2.05, 4.69) is 0 Å². The molecule has 1 aliphatic heterocycles. The van der Waals surface area contributed by atoms with Crippen LogP contribution in [0.2, 0.25) is 0 Å². The van der Waals surface area contributed by atoms with E-state index in [0.29, 0.717) is 11.1 Å². The van der Waals surface area contributed by atoms with Crippen LogP contribution in [-0.2, 0) is 28.4 Å². The molecule has 0 saturated carbocycles. The topological polar surface area (TPSA) is 72.5 Å². The smallest absolute Gasteiger partial charge is 0.427 e. The van der Waals surface area contributed by atoms with Crippen molar-refractivity contribution in [1.29, 1.82) is 0 Å². The summed E-state index contributed by atoms with van der Waals surface area (Å²) in [7, 11) is 5.37. The van der Waals surface area contributed by atoms with Crippen molar-refractivity contribution >= 4 is 11.5 Å². The minimum absolute atomic E-state index is 0.00498. The van der Waals surface area contributed by atoms with Crippen LogP contribution in [0.5, 0.6) is 0 Å². The molecule has 0 fully saturated rings. The van der Waals surface area contributed by atoms with E-state index in [9.17, 15) is 4.79 Å². The van der Waals surface area contributed by atoms with Crippen LogP contribution >= 0.6 is 0 Å². The number of methoxy groups -OCH3 is 4. The van der Waals surface area contributed by atoms with Gasteiger partial charge in [0.1, 0.15) is 0 Å². The molecule has 0 aromatic heterocycles. The SMILES string of the molecule is COC1(OC)OC2=C(OC1(OC)OC)c1ccccc1C2=O. The molecule has 1 aromatic carbocycles. The Kier molecular flexibility index (Phi) is 3.45. The molecule has 22 heavy (non-hydrogen) atoms. The molecular weight excluding hydrogens is 292 g/mol. The summed E-state index contributed by atoms with van der Waals surface area (Å²) in [6.45, 7) is 0. The van der Waals surface area contributed by atoms with Gasteiger partial charge < -0.3 is 28.4 Å². The number of hydrogen-bond donors (Lipinski definition) is 0. The van der Waals surface area contributed by atoms with Gasteiger partial charge in [-0.3, -0.25) is 4.79 Å². The molecule has 0 radical (unpaired) electrons. The van der Waals surface area contributed by atoms with E-state index in [4.69, 9.17) is 28.4 Å². The molecular formula is C15H16O7. The highest BCUT2D eigenvalue weighted by Gasteiger charge is 2.67. The first-order valence-electron chi connectivity index (χ1n) is 6.55. The number of allylic oxidation sites excluding steroid dienone is 1. The number of rotatable bonds is 4. The number of Topliss-reactive ketones (excluding diaryl/α,β-unsaturated/α-hetero) is 1. The van der Waals surface area contributed by atoms with Gasteiger partial charge in [-0.1, -0.05) is 24.3 Å². The quantitative estimate of drug-likeness (QED) is 0.780. The zero-order valence-corrected chi connectivity index (χ0v) is 12.7. The van der Waals surface area contributed by atoms with E-state index in [1.807, 2.05) is 0 Å². The zero-order valence-electron chi connectivity index (χ0n) is 12.7. The number of hydrogen-bond acceptors (Lipinski definition) is 7. The van der Waals surface area contributed by atoms with Crippen LogP contribution in [0.25, 0.3) is 5.76 Å². The third kappa shape index (κ3) is 1.67. The molecule has 3 rings (SSSR count). The molecule has 0 amide bonds. The summed E-state index contributed by atoms with van der Waals surface area (Å²) in [6, 6.07) is 6.99. The van der Waals surface area contributed by atoms with Crippen molar-refractivity contribution < 1.29 is 33.2 Å². The van der Waals surface area contributed by atoms with Crippen LogP contribution in [0.15, 0.2) is 30.0 Å². The summed E-state index contributed by atoms with van der Waals surface area (Å²) in [5.74, 6) is -3.80. The largest absolute Gasteiger partial charge is 0.427 e. The number of carbonyl (C=O) groups excluding carboxylic acids is 1. The van der Waals surface area contributed by atoms with Crippen molar-refractivity contribution in [2.24, 2.45) is 0 Å². The van der Waals surface area contributed by atoms with E-state index in [1.54, 1.807) is 24.3 Å². The van der Waals surface area contributed by atoms with Crippen molar-refractivity contribution in [1.82, 2.24) is 0 Å². The molecule has 0 N–H and O–H groups in total. The average molecular weight is 308 g/mol. The minimum atomic E-state index is -1.88. The van der Waals surface area contributed by atoms with Crippen LogP contribution in [0.4, 0.5) is 0 Å². The molecule has 0 bridgehead atoms. The molecule has 0 unspecified atom stereocenters. The summed E-state index contributed by atoms with van der Waals surface area (Å²) < 4.78 is 32.7. The monoisotopic (exact) mass is 308 g/mol. The lowest BCUT2D eigenvalue weighted by Crippen LogP contribution is -2.64. The number of benzene rings is 1. The highest BCUT2D eigenvalue weighted by Crippen LogP contribution is 2.48. The third-order valence-corrected chi connectivity index (χ3v) is 3.75. The highest BCUT2D eigenvalue weighted by molar-refractivity contribution is 6.18. The number of fused-ring (bicyclic) bond motifs is 2.